The molecule has 4 nitrogen and oxygen atoms in total. The lowest BCUT2D eigenvalue weighted by Gasteiger charge is -2.14. The number of carbonyl (C=O) groups excluding carboxylic acids is 1. The molecule has 1 amide bonds. The minimum absolute atomic E-state index is 0.227. The fourth-order valence-electron chi connectivity index (χ4n) is 1.46. The third kappa shape index (κ3) is 1.95. The predicted molar refractivity (Wildman–Crippen MR) is 50.4 cm³/mol. The lowest BCUT2D eigenvalue weighted by Crippen LogP contribution is -2.27. The Balaban J connectivity index is 1.93. The number of amides is 1. The standard InChI is InChI=1S/C10H14N2O2/c1-7-5-9(11-14-7)6-12(2)10(13)8-3-4-8/h5,8H,3-4,6H2,1-2H3. The maximum atomic E-state index is 11.6. The van der Waals surface area contributed by atoms with Crippen LogP contribution in [-0.2, 0) is 11.3 Å². The van der Waals surface area contributed by atoms with Crippen LogP contribution >= 0.6 is 0 Å². The highest BCUT2D eigenvalue weighted by Crippen LogP contribution is 2.30. The topological polar surface area (TPSA) is 46.3 Å². The number of aromatic nitrogens is 1. The summed E-state index contributed by atoms with van der Waals surface area (Å²) in [6.07, 6.45) is 2.09. The van der Waals surface area contributed by atoms with Gasteiger partial charge in [-0.25, -0.2) is 0 Å². The Morgan fingerprint density at radius 3 is 2.93 bits per heavy atom. The molecule has 1 aliphatic carbocycles. The van der Waals surface area contributed by atoms with Crippen LogP contribution in [0.5, 0.6) is 0 Å². The molecule has 4 heteroatoms. The predicted octanol–water partition coefficient (Wildman–Crippen LogP) is 1.35. The summed E-state index contributed by atoms with van der Waals surface area (Å²) in [5.74, 6) is 1.28. The van der Waals surface area contributed by atoms with Gasteiger partial charge in [-0.15, -0.1) is 0 Å². The third-order valence-electron chi connectivity index (χ3n) is 2.38. The number of aryl methyl sites for hydroxylation is 1. The van der Waals surface area contributed by atoms with Crippen LogP contribution in [0.4, 0.5) is 0 Å². The van der Waals surface area contributed by atoms with Crippen molar-refractivity contribution in [2.75, 3.05) is 7.05 Å². The fourth-order valence-corrected chi connectivity index (χ4v) is 1.46. The van der Waals surface area contributed by atoms with Gasteiger partial charge < -0.3 is 9.42 Å². The molecular formula is C10H14N2O2. The zero-order chi connectivity index (χ0) is 10.1. The number of rotatable bonds is 3. The van der Waals surface area contributed by atoms with E-state index in [1.165, 1.54) is 0 Å². The van der Waals surface area contributed by atoms with E-state index in [4.69, 9.17) is 4.52 Å². The first-order valence-electron chi connectivity index (χ1n) is 4.84. The van der Waals surface area contributed by atoms with Crippen LogP contribution in [0.1, 0.15) is 24.3 Å². The largest absolute Gasteiger partial charge is 0.361 e. The molecule has 0 N–H and O–H groups in total. The summed E-state index contributed by atoms with van der Waals surface area (Å²) in [7, 11) is 1.81. The number of hydrogen-bond acceptors (Lipinski definition) is 3. The second kappa shape index (κ2) is 3.44. The fraction of sp³-hybridized carbons (Fsp3) is 0.600. The van der Waals surface area contributed by atoms with Gasteiger partial charge in [-0.2, -0.15) is 0 Å². The molecule has 0 radical (unpaired) electrons. The van der Waals surface area contributed by atoms with Crippen molar-refractivity contribution in [2.24, 2.45) is 5.92 Å². The summed E-state index contributed by atoms with van der Waals surface area (Å²) >= 11 is 0. The van der Waals surface area contributed by atoms with E-state index in [0.29, 0.717) is 6.54 Å². The van der Waals surface area contributed by atoms with Crippen molar-refractivity contribution >= 4 is 5.91 Å². The molecule has 0 unspecified atom stereocenters. The van der Waals surface area contributed by atoms with Crippen molar-refractivity contribution in [3.05, 3.63) is 17.5 Å². The molecule has 1 aromatic rings. The number of carbonyl (C=O) groups is 1. The van der Waals surface area contributed by atoms with Gasteiger partial charge in [0.1, 0.15) is 11.5 Å². The zero-order valence-electron chi connectivity index (χ0n) is 8.49. The summed E-state index contributed by atoms with van der Waals surface area (Å²) in [5, 5.41) is 3.85. The SMILES string of the molecule is Cc1cc(CN(C)C(=O)C2CC2)no1. The van der Waals surface area contributed by atoms with Crippen molar-refractivity contribution in [1.29, 1.82) is 0 Å². The highest BCUT2D eigenvalue weighted by atomic mass is 16.5. The van der Waals surface area contributed by atoms with Gasteiger partial charge in [0.25, 0.3) is 0 Å². The van der Waals surface area contributed by atoms with Crippen molar-refractivity contribution in [3.8, 4) is 0 Å². The molecule has 1 aliphatic rings. The van der Waals surface area contributed by atoms with Gasteiger partial charge in [0.05, 0.1) is 6.54 Å². The van der Waals surface area contributed by atoms with E-state index in [2.05, 4.69) is 5.16 Å². The first-order valence-corrected chi connectivity index (χ1v) is 4.84. The second-order valence-corrected chi connectivity index (χ2v) is 3.90. The molecule has 0 saturated heterocycles. The first-order chi connectivity index (χ1) is 6.66. The van der Waals surface area contributed by atoms with Gasteiger partial charge in [0.2, 0.25) is 5.91 Å². The maximum absolute atomic E-state index is 11.6. The Morgan fingerprint density at radius 2 is 2.43 bits per heavy atom. The van der Waals surface area contributed by atoms with Crippen LogP contribution in [-0.4, -0.2) is 23.0 Å². The quantitative estimate of drug-likeness (QED) is 0.729. The minimum atomic E-state index is 0.227. The highest BCUT2D eigenvalue weighted by Gasteiger charge is 2.32. The van der Waals surface area contributed by atoms with Crippen LogP contribution in [0.3, 0.4) is 0 Å². The van der Waals surface area contributed by atoms with Crippen molar-refractivity contribution < 1.29 is 9.32 Å². The number of nitrogens with zero attached hydrogens (tertiary/aromatic N) is 2. The Hall–Kier alpha value is -1.32. The Bertz CT molecular complexity index is 342. The van der Waals surface area contributed by atoms with Gasteiger partial charge >= 0.3 is 0 Å². The summed E-state index contributed by atoms with van der Waals surface area (Å²) in [6, 6.07) is 1.86. The van der Waals surface area contributed by atoms with E-state index in [1.54, 1.807) is 4.90 Å². The molecule has 0 bridgehead atoms. The molecule has 1 heterocycles. The van der Waals surface area contributed by atoms with Crippen molar-refractivity contribution in [1.82, 2.24) is 10.1 Å². The second-order valence-electron chi connectivity index (χ2n) is 3.90. The van der Waals surface area contributed by atoms with Crippen molar-refractivity contribution in [3.63, 3.8) is 0 Å². The molecule has 0 spiro atoms. The first kappa shape index (κ1) is 9.24. The number of hydrogen-bond donors (Lipinski definition) is 0. The molecule has 76 valence electrons. The van der Waals surface area contributed by atoms with E-state index < -0.39 is 0 Å². The molecule has 1 saturated carbocycles. The lowest BCUT2D eigenvalue weighted by atomic mass is 10.3. The average Bonchev–Trinajstić information content (AvgIpc) is 2.91. The van der Waals surface area contributed by atoms with Crippen LogP contribution < -0.4 is 0 Å². The van der Waals surface area contributed by atoms with E-state index in [9.17, 15) is 4.79 Å². The average molecular weight is 194 g/mol. The Morgan fingerprint density at radius 1 is 1.71 bits per heavy atom. The monoisotopic (exact) mass is 194 g/mol. The van der Waals surface area contributed by atoms with Crippen LogP contribution in [0.25, 0.3) is 0 Å². The van der Waals surface area contributed by atoms with E-state index in [0.717, 1.165) is 24.3 Å². The molecule has 0 aliphatic heterocycles. The van der Waals surface area contributed by atoms with Crippen LogP contribution in [0.2, 0.25) is 0 Å². The van der Waals surface area contributed by atoms with E-state index in [-0.39, 0.29) is 11.8 Å². The highest BCUT2D eigenvalue weighted by molar-refractivity contribution is 5.80. The molecule has 0 atom stereocenters. The van der Waals surface area contributed by atoms with E-state index in [1.807, 2.05) is 20.0 Å². The summed E-state index contributed by atoms with van der Waals surface area (Å²) < 4.78 is 4.93. The summed E-state index contributed by atoms with van der Waals surface area (Å²) in [6.45, 7) is 2.39. The lowest BCUT2D eigenvalue weighted by molar-refractivity contribution is -0.131. The molecule has 0 aromatic carbocycles. The van der Waals surface area contributed by atoms with Gasteiger partial charge in [-0.05, 0) is 19.8 Å². The summed E-state index contributed by atoms with van der Waals surface area (Å²) in [5.41, 5.74) is 0.819. The molecule has 1 aromatic heterocycles. The van der Waals surface area contributed by atoms with Gasteiger partial charge in [0.15, 0.2) is 0 Å². The van der Waals surface area contributed by atoms with Gasteiger partial charge in [-0.3, -0.25) is 4.79 Å². The Labute approximate surface area is 82.9 Å². The summed E-state index contributed by atoms with van der Waals surface area (Å²) in [4.78, 5) is 13.3. The minimum Gasteiger partial charge on any atom is -0.361 e. The molecule has 14 heavy (non-hydrogen) atoms. The molecule has 2 rings (SSSR count). The van der Waals surface area contributed by atoms with Crippen LogP contribution in [0, 0.1) is 12.8 Å². The normalized spacial score (nSPS) is 15.6. The third-order valence-corrected chi connectivity index (χ3v) is 2.38. The molecule has 1 fully saturated rings. The van der Waals surface area contributed by atoms with E-state index >= 15 is 0 Å². The molecular weight excluding hydrogens is 180 g/mol. The maximum Gasteiger partial charge on any atom is 0.225 e. The van der Waals surface area contributed by atoms with Gasteiger partial charge in [0, 0.05) is 19.0 Å². The van der Waals surface area contributed by atoms with Crippen molar-refractivity contribution in [2.45, 2.75) is 26.3 Å². The van der Waals surface area contributed by atoms with Crippen LogP contribution in [0.15, 0.2) is 10.6 Å². The Kier molecular flexibility index (Phi) is 2.27. The smallest absolute Gasteiger partial charge is 0.225 e. The van der Waals surface area contributed by atoms with Gasteiger partial charge in [-0.1, -0.05) is 5.16 Å². The zero-order valence-corrected chi connectivity index (χ0v) is 8.49.